The first kappa shape index (κ1) is 29.9. The fraction of sp³-hybridized carbons (Fsp3) is 0.520. The van der Waals surface area contributed by atoms with E-state index in [0.717, 1.165) is 62.0 Å². The van der Waals surface area contributed by atoms with E-state index < -0.39 is 37.4 Å². The fourth-order valence-electron chi connectivity index (χ4n) is 4.73. The zero-order chi connectivity index (χ0) is 27.5. The first-order valence-corrected chi connectivity index (χ1v) is 16.5. The Labute approximate surface area is 223 Å². The molecule has 2 N–H and O–H groups in total. The first-order chi connectivity index (χ1) is 17.3. The van der Waals surface area contributed by atoms with E-state index in [9.17, 15) is 30.7 Å². The maximum Gasteiger partial charge on any atom is 0.534 e. The minimum Gasteiger partial charge on any atom is -0.375 e. The Morgan fingerprint density at radius 1 is 1.08 bits per heavy atom. The number of thioether (sulfide) groups is 1. The number of halogens is 3. The highest BCUT2D eigenvalue weighted by atomic mass is 32.3. The average molecular weight is 582 g/mol. The number of unbranched alkanes of at least 4 members (excludes halogenated alkanes) is 2. The molecule has 0 spiro atoms. The van der Waals surface area contributed by atoms with Crippen molar-refractivity contribution in [1.29, 1.82) is 0 Å². The maximum absolute atomic E-state index is 13.1. The van der Waals surface area contributed by atoms with Crippen molar-refractivity contribution in [3.63, 3.8) is 0 Å². The number of nitrogens with zero attached hydrogens (tertiary/aromatic N) is 1. The lowest BCUT2D eigenvalue weighted by Crippen LogP contribution is -2.37. The number of benzene rings is 2. The summed E-state index contributed by atoms with van der Waals surface area (Å²) in [7, 11) is -9.48. The molecule has 1 heterocycles. The van der Waals surface area contributed by atoms with Crippen LogP contribution in [0.15, 0.2) is 52.3 Å². The SMILES string of the molecule is CCCCC1(CCCC)CN(c2ccccc2)c2cc(SC)c(OS(=O)(=O)C(F)(F)F)cc2S(O)(O)C1. The molecule has 1 aliphatic rings. The standard InChI is InChI=1S/C25H34F3NO5S3/c1-4-6-13-24(14-7-5-2)17-29(19-11-9-8-10-12-19)20-15-22(35-3)21(16-23(20)36(30,31)18-24)34-37(32,33)25(26,27)28/h8-12,15-16,30-31H,4-7,13-14,17-18H2,1-3H3. The number of para-hydroxylation sites is 1. The van der Waals surface area contributed by atoms with Gasteiger partial charge in [0.05, 0.1) is 15.5 Å². The normalized spacial score (nSPS) is 18.1. The van der Waals surface area contributed by atoms with Gasteiger partial charge in [0.15, 0.2) is 5.75 Å². The molecular weight excluding hydrogens is 547 g/mol. The van der Waals surface area contributed by atoms with Crippen molar-refractivity contribution in [1.82, 2.24) is 0 Å². The second-order valence-electron chi connectivity index (χ2n) is 9.39. The Kier molecular flexibility index (Phi) is 9.43. The smallest absolute Gasteiger partial charge is 0.375 e. The third kappa shape index (κ3) is 6.70. The molecule has 208 valence electrons. The fourth-order valence-corrected chi connectivity index (χ4v) is 7.98. The van der Waals surface area contributed by atoms with Gasteiger partial charge in [-0.05, 0) is 37.3 Å². The van der Waals surface area contributed by atoms with E-state index in [1.165, 1.54) is 6.07 Å². The van der Waals surface area contributed by atoms with Crippen molar-refractivity contribution in [3.05, 3.63) is 42.5 Å². The van der Waals surface area contributed by atoms with Crippen LogP contribution in [-0.2, 0) is 10.1 Å². The van der Waals surface area contributed by atoms with Crippen LogP contribution in [0.25, 0.3) is 0 Å². The molecule has 37 heavy (non-hydrogen) atoms. The third-order valence-corrected chi connectivity index (χ3v) is 10.3. The highest BCUT2D eigenvalue weighted by Gasteiger charge is 2.49. The maximum atomic E-state index is 13.1. The number of hydrogen-bond acceptors (Lipinski definition) is 7. The summed E-state index contributed by atoms with van der Waals surface area (Å²) in [6.45, 7) is 4.62. The number of hydrogen-bond donors (Lipinski definition) is 2. The molecule has 6 nitrogen and oxygen atoms in total. The van der Waals surface area contributed by atoms with Crippen LogP contribution in [-0.4, -0.2) is 41.6 Å². The van der Waals surface area contributed by atoms with Crippen molar-refractivity contribution in [2.45, 2.75) is 67.7 Å². The van der Waals surface area contributed by atoms with Crippen LogP contribution in [0.2, 0.25) is 0 Å². The molecule has 3 rings (SSSR count). The molecule has 0 saturated heterocycles. The summed E-state index contributed by atoms with van der Waals surface area (Å²) >= 11 is 1.01. The Hall–Kier alpha value is -1.60. The minimum atomic E-state index is -5.95. The van der Waals surface area contributed by atoms with Crippen molar-refractivity contribution in [2.75, 3.05) is 23.5 Å². The molecule has 2 aromatic rings. The second kappa shape index (κ2) is 11.6. The number of anilines is 2. The molecular formula is C25H34F3NO5S3. The number of rotatable bonds is 10. The average Bonchev–Trinajstić information content (AvgIpc) is 2.93. The molecule has 0 unspecified atom stereocenters. The monoisotopic (exact) mass is 581 g/mol. The highest BCUT2D eigenvalue weighted by Crippen LogP contribution is 2.62. The zero-order valence-corrected chi connectivity index (χ0v) is 23.6. The van der Waals surface area contributed by atoms with Gasteiger partial charge in [0.2, 0.25) is 0 Å². The van der Waals surface area contributed by atoms with Crippen LogP contribution < -0.4 is 9.08 Å². The Morgan fingerprint density at radius 3 is 2.19 bits per heavy atom. The van der Waals surface area contributed by atoms with Gasteiger partial charge < -0.3 is 9.08 Å². The van der Waals surface area contributed by atoms with Gasteiger partial charge in [-0.2, -0.15) is 32.2 Å². The van der Waals surface area contributed by atoms with Crippen LogP contribution in [0.1, 0.15) is 52.4 Å². The zero-order valence-electron chi connectivity index (χ0n) is 21.1. The molecule has 0 saturated carbocycles. The third-order valence-electron chi connectivity index (χ3n) is 6.56. The number of alkyl halides is 3. The van der Waals surface area contributed by atoms with E-state index in [-0.39, 0.29) is 15.5 Å². The predicted molar refractivity (Wildman–Crippen MR) is 145 cm³/mol. The van der Waals surface area contributed by atoms with E-state index in [1.54, 1.807) is 6.26 Å². The molecule has 0 bridgehead atoms. The lowest BCUT2D eigenvalue weighted by Gasteiger charge is -2.42. The lowest BCUT2D eigenvalue weighted by molar-refractivity contribution is -0.0500. The van der Waals surface area contributed by atoms with E-state index in [4.69, 9.17) is 0 Å². The quantitative estimate of drug-likeness (QED) is 0.166. The molecule has 0 aromatic heterocycles. The van der Waals surface area contributed by atoms with Crippen molar-refractivity contribution >= 4 is 43.8 Å². The van der Waals surface area contributed by atoms with Crippen LogP contribution >= 0.6 is 22.4 Å². The van der Waals surface area contributed by atoms with Crippen LogP contribution in [0, 0.1) is 5.41 Å². The summed E-state index contributed by atoms with van der Waals surface area (Å²) < 4.78 is 90.6. The molecule has 12 heteroatoms. The lowest BCUT2D eigenvalue weighted by atomic mass is 9.79. The van der Waals surface area contributed by atoms with Crippen LogP contribution in [0.5, 0.6) is 5.75 Å². The summed E-state index contributed by atoms with van der Waals surface area (Å²) in [4.78, 5) is 2.09. The van der Waals surface area contributed by atoms with Crippen LogP contribution in [0.3, 0.4) is 0 Å². The van der Waals surface area contributed by atoms with Gasteiger partial charge in [0.1, 0.15) is 0 Å². The van der Waals surface area contributed by atoms with E-state index in [2.05, 4.69) is 18.0 Å². The van der Waals surface area contributed by atoms with E-state index in [1.807, 2.05) is 35.2 Å². The molecule has 1 aliphatic heterocycles. The summed E-state index contributed by atoms with van der Waals surface area (Å²) in [5.74, 6) is -0.549. The Balaban J connectivity index is 2.26. The summed E-state index contributed by atoms with van der Waals surface area (Å²) in [5.41, 5.74) is -4.88. The largest absolute Gasteiger partial charge is 0.534 e. The Bertz CT molecular complexity index is 1170. The van der Waals surface area contributed by atoms with Crippen molar-refractivity contribution < 1.29 is 34.9 Å². The predicted octanol–water partition coefficient (Wildman–Crippen LogP) is 8.26. The van der Waals surface area contributed by atoms with Gasteiger partial charge in [-0.3, -0.25) is 9.11 Å². The van der Waals surface area contributed by atoms with Gasteiger partial charge in [0.25, 0.3) is 0 Å². The van der Waals surface area contributed by atoms with Crippen LogP contribution in [0.4, 0.5) is 24.5 Å². The van der Waals surface area contributed by atoms with Gasteiger partial charge in [-0.1, -0.05) is 57.7 Å². The van der Waals surface area contributed by atoms with Gasteiger partial charge in [-0.25, -0.2) is 0 Å². The molecule has 0 fully saturated rings. The molecule has 2 aromatic carbocycles. The highest BCUT2D eigenvalue weighted by molar-refractivity contribution is 8.24. The van der Waals surface area contributed by atoms with E-state index >= 15 is 0 Å². The van der Waals surface area contributed by atoms with Gasteiger partial charge in [0, 0.05) is 29.5 Å². The molecule has 0 aliphatic carbocycles. The summed E-state index contributed by atoms with van der Waals surface area (Å²) in [5, 5.41) is 0. The molecule has 0 amide bonds. The summed E-state index contributed by atoms with van der Waals surface area (Å²) in [6, 6.07) is 11.9. The molecule has 0 atom stereocenters. The minimum absolute atomic E-state index is 0.0172. The summed E-state index contributed by atoms with van der Waals surface area (Å²) in [6.07, 6.45) is 6.70. The molecule has 0 radical (unpaired) electrons. The number of fused-ring (bicyclic) bond motifs is 1. The Morgan fingerprint density at radius 2 is 1.68 bits per heavy atom. The van der Waals surface area contributed by atoms with Gasteiger partial charge in [-0.15, -0.1) is 11.8 Å². The van der Waals surface area contributed by atoms with Crippen molar-refractivity contribution in [2.24, 2.45) is 5.41 Å². The van der Waals surface area contributed by atoms with E-state index in [0.29, 0.717) is 12.2 Å². The van der Waals surface area contributed by atoms with Gasteiger partial charge >= 0.3 is 15.6 Å². The first-order valence-electron chi connectivity index (χ1n) is 12.1. The van der Waals surface area contributed by atoms with Crippen molar-refractivity contribution in [3.8, 4) is 5.75 Å². The topological polar surface area (TPSA) is 87.1 Å². The second-order valence-corrected chi connectivity index (χ2v) is 13.8.